The van der Waals surface area contributed by atoms with Crippen molar-refractivity contribution in [2.24, 2.45) is 7.05 Å². The van der Waals surface area contributed by atoms with Crippen LogP contribution in [0.3, 0.4) is 0 Å². The van der Waals surface area contributed by atoms with Crippen LogP contribution < -0.4 is 16.6 Å². The van der Waals surface area contributed by atoms with Crippen LogP contribution in [-0.4, -0.2) is 22.2 Å². The maximum atomic E-state index is 11.7. The third-order valence-corrected chi connectivity index (χ3v) is 2.58. The van der Waals surface area contributed by atoms with Crippen LogP contribution in [0, 0.1) is 11.3 Å². The third kappa shape index (κ3) is 1.37. The van der Waals surface area contributed by atoms with Gasteiger partial charge in [-0.05, 0) is 0 Å². The van der Waals surface area contributed by atoms with Crippen molar-refractivity contribution in [3.63, 3.8) is 0 Å². The van der Waals surface area contributed by atoms with Gasteiger partial charge in [0, 0.05) is 26.3 Å². The molecule has 0 radical (unpaired) electrons. The number of nitriles is 1. The van der Waals surface area contributed by atoms with Crippen molar-refractivity contribution in [2.45, 2.75) is 6.04 Å². The highest BCUT2D eigenvalue weighted by molar-refractivity contribution is 5.22. The molecule has 1 N–H and O–H groups in total. The van der Waals surface area contributed by atoms with Crippen molar-refractivity contribution in [2.75, 3.05) is 13.1 Å². The van der Waals surface area contributed by atoms with E-state index in [1.54, 1.807) is 6.07 Å². The van der Waals surface area contributed by atoms with Gasteiger partial charge in [-0.3, -0.25) is 13.9 Å². The summed E-state index contributed by atoms with van der Waals surface area (Å²) in [4.78, 5) is 23.1. The molecule has 0 saturated carbocycles. The third-order valence-electron chi connectivity index (χ3n) is 2.58. The highest BCUT2D eigenvalue weighted by Crippen LogP contribution is 2.07. The Kier molecular flexibility index (Phi) is 2.17. The predicted molar refractivity (Wildman–Crippen MR) is 52.6 cm³/mol. The molecule has 1 aromatic heterocycles. The first-order valence-corrected chi connectivity index (χ1v) is 4.58. The zero-order valence-corrected chi connectivity index (χ0v) is 8.23. The SMILES string of the molecule is Cn1c(=O)c(C#N)cn(C2CNC2)c1=O. The molecular formula is C9H10N4O2. The summed E-state index contributed by atoms with van der Waals surface area (Å²) in [5, 5.41) is 11.8. The summed E-state index contributed by atoms with van der Waals surface area (Å²) in [5.74, 6) is 0. The van der Waals surface area contributed by atoms with Gasteiger partial charge in [0.25, 0.3) is 5.56 Å². The summed E-state index contributed by atoms with van der Waals surface area (Å²) in [5.41, 5.74) is -0.902. The van der Waals surface area contributed by atoms with E-state index in [4.69, 9.17) is 5.26 Å². The van der Waals surface area contributed by atoms with E-state index < -0.39 is 5.56 Å². The molecule has 0 aromatic carbocycles. The minimum atomic E-state index is -0.536. The lowest BCUT2D eigenvalue weighted by atomic mass is 10.2. The van der Waals surface area contributed by atoms with Crippen molar-refractivity contribution in [3.8, 4) is 6.07 Å². The zero-order chi connectivity index (χ0) is 11.0. The van der Waals surface area contributed by atoms with E-state index in [1.165, 1.54) is 17.8 Å². The summed E-state index contributed by atoms with van der Waals surface area (Å²) in [6.07, 6.45) is 1.34. The van der Waals surface area contributed by atoms with E-state index in [0.717, 1.165) is 4.57 Å². The Hall–Kier alpha value is -1.87. The molecule has 0 spiro atoms. The summed E-state index contributed by atoms with van der Waals surface area (Å²) in [7, 11) is 1.38. The fraction of sp³-hybridized carbons (Fsp3) is 0.444. The van der Waals surface area contributed by atoms with Crippen LogP contribution in [0.1, 0.15) is 11.6 Å². The highest BCUT2D eigenvalue weighted by atomic mass is 16.2. The van der Waals surface area contributed by atoms with Crippen molar-refractivity contribution in [3.05, 3.63) is 32.6 Å². The van der Waals surface area contributed by atoms with Gasteiger partial charge in [0.15, 0.2) is 0 Å². The number of rotatable bonds is 1. The Labute approximate surface area is 85.4 Å². The monoisotopic (exact) mass is 206 g/mol. The molecule has 1 aliphatic heterocycles. The number of hydrogen-bond donors (Lipinski definition) is 1. The fourth-order valence-electron chi connectivity index (χ4n) is 1.50. The largest absolute Gasteiger partial charge is 0.331 e. The molecule has 1 fully saturated rings. The molecule has 6 nitrogen and oxygen atoms in total. The quantitative estimate of drug-likeness (QED) is 0.610. The first-order valence-electron chi connectivity index (χ1n) is 4.58. The normalized spacial score (nSPS) is 15.7. The topological polar surface area (TPSA) is 79.8 Å². The maximum Gasteiger partial charge on any atom is 0.331 e. The van der Waals surface area contributed by atoms with Crippen LogP contribution in [0.5, 0.6) is 0 Å². The molecule has 6 heteroatoms. The van der Waals surface area contributed by atoms with Crippen LogP contribution in [0.15, 0.2) is 15.8 Å². The van der Waals surface area contributed by atoms with Crippen molar-refractivity contribution < 1.29 is 0 Å². The summed E-state index contributed by atoms with van der Waals surface area (Å²) < 4.78 is 2.41. The van der Waals surface area contributed by atoms with Gasteiger partial charge < -0.3 is 5.32 Å². The molecule has 2 rings (SSSR count). The van der Waals surface area contributed by atoms with Gasteiger partial charge in [-0.1, -0.05) is 0 Å². The van der Waals surface area contributed by atoms with Gasteiger partial charge >= 0.3 is 5.69 Å². The van der Waals surface area contributed by atoms with Crippen LogP contribution in [0.2, 0.25) is 0 Å². The second-order valence-corrected chi connectivity index (χ2v) is 3.52. The first-order chi connectivity index (χ1) is 7.15. The molecule has 15 heavy (non-hydrogen) atoms. The Morgan fingerprint density at radius 3 is 2.67 bits per heavy atom. The summed E-state index contributed by atoms with van der Waals surface area (Å²) in [6, 6.07) is 1.85. The Balaban J connectivity index is 2.66. The van der Waals surface area contributed by atoms with Crippen molar-refractivity contribution in [1.29, 1.82) is 5.26 Å². The average Bonchev–Trinajstić information content (AvgIpc) is 2.16. The lowest BCUT2D eigenvalue weighted by molar-refractivity contribution is 0.326. The second kappa shape index (κ2) is 3.37. The molecule has 1 saturated heterocycles. The predicted octanol–water partition coefficient (Wildman–Crippen LogP) is -1.44. The van der Waals surface area contributed by atoms with E-state index in [2.05, 4.69) is 5.32 Å². The Morgan fingerprint density at radius 1 is 1.53 bits per heavy atom. The lowest BCUT2D eigenvalue weighted by Crippen LogP contribution is -2.50. The maximum absolute atomic E-state index is 11.7. The number of nitrogens with zero attached hydrogens (tertiary/aromatic N) is 3. The van der Waals surface area contributed by atoms with Crippen LogP contribution in [0.25, 0.3) is 0 Å². The van der Waals surface area contributed by atoms with E-state index in [1.807, 2.05) is 0 Å². The molecule has 0 amide bonds. The van der Waals surface area contributed by atoms with Gasteiger partial charge in [-0.15, -0.1) is 0 Å². The molecule has 2 heterocycles. The van der Waals surface area contributed by atoms with Crippen LogP contribution in [0.4, 0.5) is 0 Å². The molecular weight excluding hydrogens is 196 g/mol. The van der Waals surface area contributed by atoms with E-state index >= 15 is 0 Å². The number of aromatic nitrogens is 2. The van der Waals surface area contributed by atoms with Gasteiger partial charge in [-0.25, -0.2) is 4.79 Å². The molecule has 0 unspecified atom stereocenters. The van der Waals surface area contributed by atoms with E-state index in [9.17, 15) is 9.59 Å². The van der Waals surface area contributed by atoms with Gasteiger partial charge in [0.05, 0.1) is 6.04 Å². The Morgan fingerprint density at radius 2 is 2.20 bits per heavy atom. The van der Waals surface area contributed by atoms with Crippen molar-refractivity contribution in [1.82, 2.24) is 14.5 Å². The van der Waals surface area contributed by atoms with Crippen LogP contribution >= 0.6 is 0 Å². The lowest BCUT2D eigenvalue weighted by Gasteiger charge is -2.29. The van der Waals surface area contributed by atoms with Crippen LogP contribution in [-0.2, 0) is 7.05 Å². The Bertz CT molecular complexity index is 545. The fourth-order valence-corrected chi connectivity index (χ4v) is 1.50. The highest BCUT2D eigenvalue weighted by Gasteiger charge is 2.21. The number of nitrogens with one attached hydrogen (secondary N) is 1. The molecule has 0 aliphatic carbocycles. The van der Waals surface area contributed by atoms with Gasteiger partial charge in [0.2, 0.25) is 0 Å². The van der Waals surface area contributed by atoms with Crippen molar-refractivity contribution >= 4 is 0 Å². The van der Waals surface area contributed by atoms with E-state index in [0.29, 0.717) is 13.1 Å². The second-order valence-electron chi connectivity index (χ2n) is 3.52. The molecule has 1 aromatic rings. The summed E-state index contributed by atoms with van der Waals surface area (Å²) in [6.45, 7) is 1.39. The summed E-state index contributed by atoms with van der Waals surface area (Å²) >= 11 is 0. The standard InChI is InChI=1S/C9H10N4O2/c1-12-8(14)6(2-10)5-13(9(12)15)7-3-11-4-7/h5,7,11H,3-4H2,1H3. The van der Waals surface area contributed by atoms with Gasteiger partial charge in [0.1, 0.15) is 11.6 Å². The smallest absolute Gasteiger partial charge is 0.313 e. The van der Waals surface area contributed by atoms with E-state index in [-0.39, 0.29) is 17.3 Å². The minimum absolute atomic E-state index is 0.00370. The van der Waals surface area contributed by atoms with Gasteiger partial charge in [-0.2, -0.15) is 5.26 Å². The minimum Gasteiger partial charge on any atom is -0.313 e. The molecule has 1 aliphatic rings. The first kappa shape index (κ1) is 9.68. The average molecular weight is 206 g/mol. The zero-order valence-electron chi connectivity index (χ0n) is 8.23. The molecule has 0 atom stereocenters. The molecule has 78 valence electrons. The number of hydrogen-bond acceptors (Lipinski definition) is 4. The molecule has 0 bridgehead atoms.